The van der Waals surface area contributed by atoms with Gasteiger partial charge >= 0.3 is 0 Å². The summed E-state index contributed by atoms with van der Waals surface area (Å²) in [6, 6.07) is 0. The van der Waals surface area contributed by atoms with Crippen LogP contribution in [0.2, 0.25) is 0 Å². The molecule has 0 saturated heterocycles. The van der Waals surface area contributed by atoms with Gasteiger partial charge in [0, 0.05) is 25.5 Å². The highest BCUT2D eigenvalue weighted by Crippen LogP contribution is 1.91. The minimum Gasteiger partial charge on any atom is -0.759 e. The smallest absolute Gasteiger partial charge is 0.0158 e. The zero-order chi connectivity index (χ0) is 5.82. The molecule has 0 aliphatic carbocycles. The molecule has 0 spiro atoms. The summed E-state index contributed by atoms with van der Waals surface area (Å²) in [6.07, 6.45) is 4.11. The summed E-state index contributed by atoms with van der Waals surface area (Å²) in [4.78, 5) is 0. The molecular formula is C5H9N2O-. The molecular weight excluding hydrogens is 104 g/mol. The molecule has 46 valence electrons. The van der Waals surface area contributed by atoms with E-state index in [1.165, 1.54) is 6.20 Å². The zero-order valence-electron chi connectivity index (χ0n) is 4.63. The van der Waals surface area contributed by atoms with E-state index >= 15 is 0 Å². The van der Waals surface area contributed by atoms with Crippen molar-refractivity contribution < 1.29 is 0 Å². The van der Waals surface area contributed by atoms with Crippen LogP contribution >= 0.6 is 0 Å². The van der Waals surface area contributed by atoms with Gasteiger partial charge in [0.2, 0.25) is 0 Å². The van der Waals surface area contributed by atoms with E-state index in [1.807, 2.05) is 0 Å². The molecule has 0 unspecified atom stereocenters. The molecule has 0 aromatic carbocycles. The largest absolute Gasteiger partial charge is 0.759 e. The van der Waals surface area contributed by atoms with E-state index in [-0.39, 0.29) is 0 Å². The van der Waals surface area contributed by atoms with Gasteiger partial charge in [-0.3, -0.25) is 0 Å². The van der Waals surface area contributed by atoms with Gasteiger partial charge in [0.05, 0.1) is 0 Å². The summed E-state index contributed by atoms with van der Waals surface area (Å²) >= 11 is 0. The Hall–Kier alpha value is -0.700. The number of hydroxylamine groups is 2. The van der Waals surface area contributed by atoms with Crippen LogP contribution < -0.4 is 5.32 Å². The van der Waals surface area contributed by atoms with Crippen molar-refractivity contribution in [3.63, 3.8) is 0 Å². The van der Waals surface area contributed by atoms with E-state index in [0.717, 1.165) is 18.0 Å². The average Bonchev–Trinajstić information content (AvgIpc) is 1.94. The van der Waals surface area contributed by atoms with Gasteiger partial charge in [0.25, 0.3) is 0 Å². The maximum Gasteiger partial charge on any atom is 0.0158 e. The summed E-state index contributed by atoms with van der Waals surface area (Å²) in [6.45, 7) is 1.53. The van der Waals surface area contributed by atoms with Crippen molar-refractivity contribution in [2.45, 2.75) is 6.42 Å². The molecule has 0 saturated carbocycles. The van der Waals surface area contributed by atoms with Crippen molar-refractivity contribution in [1.82, 2.24) is 10.4 Å². The van der Waals surface area contributed by atoms with Gasteiger partial charge in [-0.2, -0.15) is 0 Å². The molecule has 1 aliphatic rings. The van der Waals surface area contributed by atoms with E-state index in [0.29, 0.717) is 6.54 Å². The molecule has 0 fully saturated rings. The molecule has 1 rings (SSSR count). The third-order valence-corrected chi connectivity index (χ3v) is 1.06. The second kappa shape index (κ2) is 2.57. The van der Waals surface area contributed by atoms with E-state index in [1.54, 1.807) is 6.20 Å². The summed E-state index contributed by atoms with van der Waals surface area (Å²) in [5, 5.41) is 14.4. The van der Waals surface area contributed by atoms with Crippen molar-refractivity contribution in [3.05, 3.63) is 17.6 Å². The predicted molar refractivity (Wildman–Crippen MR) is 31.8 cm³/mol. The number of rotatable bonds is 0. The van der Waals surface area contributed by atoms with Crippen LogP contribution in [-0.4, -0.2) is 18.2 Å². The van der Waals surface area contributed by atoms with E-state index < -0.39 is 0 Å². The molecule has 3 heteroatoms. The lowest BCUT2D eigenvalue weighted by Gasteiger charge is -2.23. The lowest BCUT2D eigenvalue weighted by atomic mass is 10.4. The van der Waals surface area contributed by atoms with Crippen LogP contribution in [0, 0.1) is 5.21 Å². The average molecular weight is 113 g/mol. The molecule has 0 bridgehead atoms. The van der Waals surface area contributed by atoms with Crippen LogP contribution in [0.4, 0.5) is 0 Å². The first-order valence-corrected chi connectivity index (χ1v) is 2.73. The molecule has 1 aliphatic heterocycles. The fourth-order valence-electron chi connectivity index (χ4n) is 0.631. The highest BCUT2D eigenvalue weighted by molar-refractivity contribution is 4.83. The van der Waals surface area contributed by atoms with E-state index in [4.69, 9.17) is 0 Å². The maximum absolute atomic E-state index is 10.5. The quantitative estimate of drug-likeness (QED) is 0.489. The molecule has 0 radical (unpaired) electrons. The van der Waals surface area contributed by atoms with Gasteiger partial charge in [-0.05, 0) is 6.42 Å². The Balaban J connectivity index is 2.33. The maximum atomic E-state index is 10.5. The Bertz CT molecular complexity index is 92.4. The Morgan fingerprint density at radius 2 is 2.50 bits per heavy atom. The van der Waals surface area contributed by atoms with Crippen LogP contribution in [-0.2, 0) is 0 Å². The lowest BCUT2D eigenvalue weighted by Crippen LogP contribution is -2.10. The minimum absolute atomic E-state index is 0.615. The Morgan fingerprint density at radius 3 is 3.38 bits per heavy atom. The molecule has 0 atom stereocenters. The van der Waals surface area contributed by atoms with Gasteiger partial charge in [-0.25, -0.2) is 0 Å². The van der Waals surface area contributed by atoms with Crippen LogP contribution in [0.25, 0.3) is 0 Å². The van der Waals surface area contributed by atoms with Crippen molar-refractivity contribution in [2.75, 3.05) is 13.1 Å². The normalized spacial score (nSPS) is 19.9. The zero-order valence-corrected chi connectivity index (χ0v) is 4.63. The van der Waals surface area contributed by atoms with Gasteiger partial charge < -0.3 is 15.6 Å². The number of nitrogens with one attached hydrogen (secondary N) is 1. The fourth-order valence-corrected chi connectivity index (χ4v) is 0.631. The highest BCUT2D eigenvalue weighted by atomic mass is 16.5. The van der Waals surface area contributed by atoms with Crippen molar-refractivity contribution in [3.8, 4) is 0 Å². The van der Waals surface area contributed by atoms with Crippen molar-refractivity contribution in [1.29, 1.82) is 0 Å². The molecule has 8 heavy (non-hydrogen) atoms. The summed E-state index contributed by atoms with van der Waals surface area (Å²) < 4.78 is 0. The van der Waals surface area contributed by atoms with Crippen LogP contribution in [0.5, 0.6) is 0 Å². The summed E-state index contributed by atoms with van der Waals surface area (Å²) in [5.74, 6) is 0. The van der Waals surface area contributed by atoms with Crippen LogP contribution in [0.15, 0.2) is 12.4 Å². The Morgan fingerprint density at radius 1 is 1.62 bits per heavy atom. The second-order valence-corrected chi connectivity index (χ2v) is 1.76. The molecule has 1 heterocycles. The first-order chi connectivity index (χ1) is 3.89. The third kappa shape index (κ3) is 1.42. The molecule has 0 amide bonds. The number of hydrogen-bond acceptors (Lipinski definition) is 3. The van der Waals surface area contributed by atoms with Gasteiger partial charge in [0.1, 0.15) is 0 Å². The van der Waals surface area contributed by atoms with Crippen LogP contribution in [0.3, 0.4) is 0 Å². The van der Waals surface area contributed by atoms with E-state index in [2.05, 4.69) is 5.32 Å². The Kier molecular flexibility index (Phi) is 1.75. The number of nitrogens with zero attached hydrogens (tertiary/aromatic N) is 1. The minimum atomic E-state index is 0.615. The molecule has 0 aromatic rings. The summed E-state index contributed by atoms with van der Waals surface area (Å²) in [7, 11) is 0. The highest BCUT2D eigenvalue weighted by Gasteiger charge is 1.88. The monoisotopic (exact) mass is 113 g/mol. The van der Waals surface area contributed by atoms with Gasteiger partial charge in [-0.15, -0.1) is 0 Å². The number of hydrogen-bond donors (Lipinski definition) is 1. The van der Waals surface area contributed by atoms with Gasteiger partial charge in [0.15, 0.2) is 0 Å². The lowest BCUT2D eigenvalue weighted by molar-refractivity contribution is 0.504. The molecule has 3 nitrogen and oxygen atoms in total. The summed E-state index contributed by atoms with van der Waals surface area (Å²) in [5.41, 5.74) is 0. The van der Waals surface area contributed by atoms with Crippen LogP contribution in [0.1, 0.15) is 6.42 Å². The third-order valence-electron chi connectivity index (χ3n) is 1.06. The van der Waals surface area contributed by atoms with Crippen molar-refractivity contribution >= 4 is 0 Å². The second-order valence-electron chi connectivity index (χ2n) is 1.76. The standard InChI is InChI=1S/C5H9N2O/c8-7-4-1-2-6-3-5-7/h3,5-6H,1-2,4H2/q-1. The van der Waals surface area contributed by atoms with Crippen molar-refractivity contribution in [2.24, 2.45) is 0 Å². The topological polar surface area (TPSA) is 38.3 Å². The SMILES string of the molecule is [O-]N1C=CNCCC1. The molecule has 1 N–H and O–H groups in total. The van der Waals surface area contributed by atoms with Gasteiger partial charge in [-0.1, -0.05) is 0 Å². The molecule has 0 aromatic heterocycles. The first-order valence-electron chi connectivity index (χ1n) is 2.73. The predicted octanol–water partition coefficient (Wildman–Crippen LogP) is 0.251. The first kappa shape index (κ1) is 5.44. The Labute approximate surface area is 48.6 Å². The fraction of sp³-hybridized carbons (Fsp3) is 0.600. The van der Waals surface area contributed by atoms with E-state index in [9.17, 15) is 5.21 Å².